The maximum absolute atomic E-state index is 4.45. The van der Waals surface area contributed by atoms with Crippen molar-refractivity contribution in [3.8, 4) is 0 Å². The van der Waals surface area contributed by atoms with Gasteiger partial charge in [-0.15, -0.1) is 11.3 Å². The topological polar surface area (TPSA) is 55.1 Å². The molecule has 0 saturated carbocycles. The van der Waals surface area contributed by atoms with Crippen LogP contribution in [0.4, 0.5) is 0 Å². The Morgan fingerprint density at radius 3 is 3.05 bits per heavy atom. The first-order valence-electron chi connectivity index (χ1n) is 6.31. The molecule has 0 aromatic carbocycles. The predicted octanol–water partition coefficient (Wildman–Crippen LogP) is 2.59. The molecule has 3 rings (SSSR count). The molecule has 0 radical (unpaired) electrons. The molecule has 1 N–H and O–H groups in total. The van der Waals surface area contributed by atoms with E-state index in [1.54, 1.807) is 17.5 Å². The number of fused-ring (bicyclic) bond motifs is 1. The van der Waals surface area contributed by atoms with Gasteiger partial charge in [-0.05, 0) is 22.9 Å². The van der Waals surface area contributed by atoms with Crippen LogP contribution in [0.2, 0.25) is 0 Å². The van der Waals surface area contributed by atoms with Gasteiger partial charge in [0.25, 0.3) is 0 Å². The molecule has 0 amide bonds. The second kappa shape index (κ2) is 5.99. The number of hydrogen-bond donors (Lipinski definition) is 1. The Morgan fingerprint density at radius 1 is 1.35 bits per heavy atom. The molecule has 0 aliphatic carbocycles. The van der Waals surface area contributed by atoms with Gasteiger partial charge in [-0.2, -0.15) is 0 Å². The van der Waals surface area contributed by atoms with Gasteiger partial charge in [-0.3, -0.25) is 4.40 Å². The molecule has 3 aromatic rings. The Balaban J connectivity index is 1.58. The Morgan fingerprint density at radius 2 is 2.25 bits per heavy atom. The van der Waals surface area contributed by atoms with Crippen LogP contribution >= 0.6 is 27.3 Å². The third-order valence-corrected chi connectivity index (χ3v) is 4.37. The molecule has 3 aromatic heterocycles. The van der Waals surface area contributed by atoms with E-state index < -0.39 is 0 Å². The largest absolute Gasteiger partial charge is 0.311 e. The minimum absolute atomic E-state index is 0.780. The quantitative estimate of drug-likeness (QED) is 0.717. The smallest absolute Gasteiger partial charge is 0.155 e. The summed E-state index contributed by atoms with van der Waals surface area (Å²) in [7, 11) is 0. The van der Waals surface area contributed by atoms with Gasteiger partial charge >= 0.3 is 0 Å². The van der Waals surface area contributed by atoms with Crippen molar-refractivity contribution in [2.75, 3.05) is 6.54 Å². The van der Waals surface area contributed by atoms with E-state index in [4.69, 9.17) is 0 Å². The van der Waals surface area contributed by atoms with Gasteiger partial charge in [0, 0.05) is 36.8 Å². The van der Waals surface area contributed by atoms with E-state index in [-0.39, 0.29) is 0 Å². The highest BCUT2D eigenvalue weighted by Gasteiger charge is 2.04. The van der Waals surface area contributed by atoms with Gasteiger partial charge in [-0.1, -0.05) is 0 Å². The number of imidazole rings is 1. The molecule has 0 atom stereocenters. The second-order valence-electron chi connectivity index (χ2n) is 4.50. The molecule has 0 unspecified atom stereocenters. The van der Waals surface area contributed by atoms with Crippen LogP contribution in [0.25, 0.3) is 5.65 Å². The van der Waals surface area contributed by atoms with E-state index in [2.05, 4.69) is 41.6 Å². The normalized spacial score (nSPS) is 11.3. The van der Waals surface area contributed by atoms with Gasteiger partial charge in [0.15, 0.2) is 5.65 Å². The number of nitrogens with zero attached hydrogens (tertiary/aromatic N) is 4. The minimum Gasteiger partial charge on any atom is -0.311 e. The highest BCUT2D eigenvalue weighted by atomic mass is 79.9. The van der Waals surface area contributed by atoms with Crippen LogP contribution < -0.4 is 5.32 Å². The zero-order valence-electron chi connectivity index (χ0n) is 11.0. The van der Waals surface area contributed by atoms with Gasteiger partial charge in [0.2, 0.25) is 0 Å². The first kappa shape index (κ1) is 13.7. The monoisotopic (exact) mass is 351 g/mol. The molecule has 0 spiro atoms. The van der Waals surface area contributed by atoms with E-state index >= 15 is 0 Å². The Hall–Kier alpha value is -1.31. The summed E-state index contributed by atoms with van der Waals surface area (Å²) < 4.78 is 2.85. The molecule has 7 heteroatoms. The highest BCUT2D eigenvalue weighted by molar-refractivity contribution is 9.10. The van der Waals surface area contributed by atoms with Gasteiger partial charge < -0.3 is 5.32 Å². The number of aryl methyl sites for hydroxylation is 1. The van der Waals surface area contributed by atoms with Crippen molar-refractivity contribution >= 4 is 32.9 Å². The van der Waals surface area contributed by atoms with E-state index in [1.165, 1.54) is 5.01 Å². The third-order valence-electron chi connectivity index (χ3n) is 2.93. The molecule has 0 aliphatic heterocycles. The van der Waals surface area contributed by atoms with Crippen molar-refractivity contribution < 1.29 is 0 Å². The lowest BCUT2D eigenvalue weighted by atomic mass is 10.4. The van der Waals surface area contributed by atoms with Crippen molar-refractivity contribution in [2.45, 2.75) is 19.9 Å². The number of rotatable bonds is 5. The molecule has 0 saturated heterocycles. The van der Waals surface area contributed by atoms with E-state index in [0.717, 1.165) is 41.1 Å². The zero-order valence-corrected chi connectivity index (χ0v) is 13.4. The summed E-state index contributed by atoms with van der Waals surface area (Å²) in [5.41, 5.74) is 3.09. The Kier molecular flexibility index (Phi) is 4.09. The average molecular weight is 352 g/mol. The number of thiazole rings is 1. The maximum Gasteiger partial charge on any atom is 0.155 e. The summed E-state index contributed by atoms with van der Waals surface area (Å²) in [5.74, 6) is 0. The summed E-state index contributed by atoms with van der Waals surface area (Å²) in [4.78, 5) is 12.9. The van der Waals surface area contributed by atoms with Crippen molar-refractivity contribution in [2.24, 2.45) is 0 Å². The zero-order chi connectivity index (χ0) is 13.9. The van der Waals surface area contributed by atoms with Gasteiger partial charge in [0.1, 0.15) is 4.60 Å². The number of nitrogens with one attached hydrogen (secondary N) is 1. The van der Waals surface area contributed by atoms with Crippen molar-refractivity contribution in [1.29, 1.82) is 0 Å². The van der Waals surface area contributed by atoms with Gasteiger partial charge in [0.05, 0.1) is 23.1 Å². The van der Waals surface area contributed by atoms with Crippen LogP contribution in [0.1, 0.15) is 16.4 Å². The van der Waals surface area contributed by atoms with Crippen LogP contribution in [0.15, 0.2) is 28.6 Å². The SMILES string of the molecule is Cc1csc(CCNCc2cnc3cnc(Br)cn23)n1. The summed E-state index contributed by atoms with van der Waals surface area (Å²) in [5, 5.41) is 6.70. The number of aromatic nitrogens is 4. The lowest BCUT2D eigenvalue weighted by molar-refractivity contribution is 0.669. The fourth-order valence-corrected chi connectivity index (χ4v) is 3.06. The number of halogens is 1. The summed E-state index contributed by atoms with van der Waals surface area (Å²) in [6, 6.07) is 0. The van der Waals surface area contributed by atoms with Gasteiger partial charge in [-0.25, -0.2) is 15.0 Å². The van der Waals surface area contributed by atoms with Crippen LogP contribution in [-0.4, -0.2) is 25.9 Å². The Bertz CT molecular complexity index is 720. The van der Waals surface area contributed by atoms with Crippen LogP contribution in [-0.2, 0) is 13.0 Å². The first-order valence-corrected chi connectivity index (χ1v) is 7.99. The van der Waals surface area contributed by atoms with Crippen molar-refractivity contribution in [3.05, 3.63) is 45.0 Å². The molecule has 3 heterocycles. The minimum atomic E-state index is 0.780. The lowest BCUT2D eigenvalue weighted by Gasteiger charge is -2.04. The third kappa shape index (κ3) is 3.05. The Labute approximate surface area is 129 Å². The van der Waals surface area contributed by atoms with Crippen LogP contribution in [0.3, 0.4) is 0 Å². The maximum atomic E-state index is 4.45. The van der Waals surface area contributed by atoms with E-state index in [9.17, 15) is 0 Å². The fourth-order valence-electron chi connectivity index (χ4n) is 1.98. The van der Waals surface area contributed by atoms with E-state index in [0.29, 0.717) is 0 Å². The second-order valence-corrected chi connectivity index (χ2v) is 6.25. The molecule has 0 aliphatic rings. The predicted molar refractivity (Wildman–Crippen MR) is 82.9 cm³/mol. The molecular weight excluding hydrogens is 338 g/mol. The van der Waals surface area contributed by atoms with Crippen molar-refractivity contribution in [1.82, 2.24) is 24.7 Å². The fraction of sp³-hybridized carbons (Fsp3) is 0.308. The lowest BCUT2D eigenvalue weighted by Crippen LogP contribution is -2.17. The van der Waals surface area contributed by atoms with E-state index in [1.807, 2.05) is 23.7 Å². The molecule has 20 heavy (non-hydrogen) atoms. The average Bonchev–Trinajstić information content (AvgIpc) is 3.01. The van der Waals surface area contributed by atoms with Crippen LogP contribution in [0.5, 0.6) is 0 Å². The standard InChI is InChI=1S/C13H14BrN5S/c1-9-8-20-13(18-9)2-3-15-4-10-5-17-12-6-16-11(14)7-19(10)12/h5-8,15H,2-4H2,1H3. The van der Waals surface area contributed by atoms with Crippen LogP contribution in [0, 0.1) is 6.92 Å². The summed E-state index contributed by atoms with van der Waals surface area (Å²) in [6.45, 7) is 3.71. The van der Waals surface area contributed by atoms with Crippen molar-refractivity contribution in [3.63, 3.8) is 0 Å². The molecule has 0 fully saturated rings. The molecule has 5 nitrogen and oxygen atoms in total. The summed E-state index contributed by atoms with van der Waals surface area (Å²) >= 11 is 5.10. The molecule has 0 bridgehead atoms. The molecule has 104 valence electrons. The molecular formula is C13H14BrN5S. The summed E-state index contributed by atoms with van der Waals surface area (Å²) in [6.07, 6.45) is 6.53. The first-order chi connectivity index (χ1) is 9.72. The number of hydrogen-bond acceptors (Lipinski definition) is 5. The highest BCUT2D eigenvalue weighted by Crippen LogP contribution is 2.11.